The average Bonchev–Trinajstić information content (AvgIpc) is 3.59. The highest BCUT2D eigenvalue weighted by atomic mass is 16.5. The van der Waals surface area contributed by atoms with Crippen molar-refractivity contribution in [1.82, 2.24) is 4.57 Å². The van der Waals surface area contributed by atoms with Crippen LogP contribution in [0.4, 0.5) is 0 Å². The number of aryl methyl sites for hydroxylation is 2. The zero-order chi connectivity index (χ0) is 24.1. The van der Waals surface area contributed by atoms with Gasteiger partial charge in [-0.3, -0.25) is 4.79 Å². The number of aromatic nitrogens is 2. The lowest BCUT2D eigenvalue weighted by molar-refractivity contribution is -0.663. The van der Waals surface area contributed by atoms with E-state index >= 15 is 0 Å². The third kappa shape index (κ3) is 3.73. The summed E-state index contributed by atoms with van der Waals surface area (Å²) in [6.45, 7) is 6.62. The molecule has 6 rings (SSSR count). The van der Waals surface area contributed by atoms with E-state index in [1.165, 1.54) is 27.8 Å². The molecule has 6 heteroatoms. The highest BCUT2D eigenvalue weighted by molar-refractivity contribution is 5.96. The maximum atomic E-state index is 13.2. The molecule has 178 valence electrons. The standard InChI is InChI=1S/C29H29N2O4/c1-18-12-25-26(13-19(18)2)31(16-27(32)20-4-6-22(33-3)7-5-20)17-30(25)15-24-23-9-11-34-28(23)14-21-8-10-35-29(21)24/h4-7,12-14,17H,8-11,15-16H2,1-3H3/q+1. The van der Waals surface area contributed by atoms with Crippen molar-refractivity contribution in [3.63, 3.8) is 0 Å². The Labute approximate surface area is 204 Å². The number of carbonyl (C=O) groups is 1. The predicted octanol–water partition coefficient (Wildman–Crippen LogP) is 4.36. The molecule has 0 spiro atoms. The fraction of sp³-hybridized carbons (Fsp3) is 0.310. The fourth-order valence-corrected chi connectivity index (χ4v) is 5.24. The Hall–Kier alpha value is -3.80. The lowest BCUT2D eigenvalue weighted by Gasteiger charge is -2.11. The highest BCUT2D eigenvalue weighted by Gasteiger charge is 2.29. The van der Waals surface area contributed by atoms with Crippen LogP contribution in [0.25, 0.3) is 11.0 Å². The third-order valence-electron chi connectivity index (χ3n) is 7.30. The molecule has 0 saturated heterocycles. The van der Waals surface area contributed by atoms with Crippen molar-refractivity contribution in [2.45, 2.75) is 39.8 Å². The van der Waals surface area contributed by atoms with Crippen molar-refractivity contribution in [2.24, 2.45) is 0 Å². The number of rotatable bonds is 6. The summed E-state index contributed by atoms with van der Waals surface area (Å²) in [7, 11) is 1.63. The number of carbonyl (C=O) groups excluding carboxylic acids is 1. The topological polar surface area (TPSA) is 53.6 Å². The second-order valence-electron chi connectivity index (χ2n) is 9.47. The van der Waals surface area contributed by atoms with Gasteiger partial charge in [-0.2, -0.15) is 0 Å². The average molecular weight is 470 g/mol. The van der Waals surface area contributed by atoms with Gasteiger partial charge >= 0.3 is 0 Å². The van der Waals surface area contributed by atoms with Crippen molar-refractivity contribution in [2.75, 3.05) is 20.3 Å². The monoisotopic (exact) mass is 469 g/mol. The first kappa shape index (κ1) is 21.7. The van der Waals surface area contributed by atoms with Crippen LogP contribution < -0.4 is 18.8 Å². The van der Waals surface area contributed by atoms with Gasteiger partial charge in [-0.15, -0.1) is 0 Å². The van der Waals surface area contributed by atoms with E-state index in [9.17, 15) is 4.79 Å². The van der Waals surface area contributed by atoms with Crippen LogP contribution >= 0.6 is 0 Å². The van der Waals surface area contributed by atoms with Gasteiger partial charge in [-0.05, 0) is 67.4 Å². The molecule has 0 amide bonds. The molecule has 1 aromatic heterocycles. The number of ketones is 1. The summed E-state index contributed by atoms with van der Waals surface area (Å²) >= 11 is 0. The molecule has 0 saturated carbocycles. The van der Waals surface area contributed by atoms with Gasteiger partial charge in [-0.1, -0.05) is 0 Å². The Morgan fingerprint density at radius 1 is 1.03 bits per heavy atom. The minimum Gasteiger partial charge on any atom is -0.497 e. The number of nitrogens with zero attached hydrogens (tertiary/aromatic N) is 2. The summed E-state index contributed by atoms with van der Waals surface area (Å²) in [4.78, 5) is 13.2. The number of fused-ring (bicyclic) bond motifs is 3. The quantitative estimate of drug-likeness (QED) is 0.311. The van der Waals surface area contributed by atoms with Gasteiger partial charge in [0.05, 0.1) is 20.3 Å². The van der Waals surface area contributed by atoms with Crippen LogP contribution in [0.2, 0.25) is 0 Å². The third-order valence-corrected chi connectivity index (χ3v) is 7.30. The molecule has 6 nitrogen and oxygen atoms in total. The van der Waals surface area contributed by atoms with E-state index in [2.05, 4.69) is 47.5 Å². The maximum Gasteiger partial charge on any atom is 0.245 e. The van der Waals surface area contributed by atoms with E-state index in [4.69, 9.17) is 14.2 Å². The molecule has 0 atom stereocenters. The van der Waals surface area contributed by atoms with E-state index in [1.54, 1.807) is 7.11 Å². The molecule has 4 aromatic rings. The maximum absolute atomic E-state index is 13.2. The summed E-state index contributed by atoms with van der Waals surface area (Å²) in [6.07, 6.45) is 3.89. The molecule has 3 aromatic carbocycles. The van der Waals surface area contributed by atoms with Gasteiger partial charge in [0.25, 0.3) is 0 Å². The first-order valence-corrected chi connectivity index (χ1v) is 12.1. The SMILES string of the molecule is COc1ccc(C(=O)Cn2c[n+](Cc3c4c(cc5c3OCC5)OCC4)c3cc(C)c(C)cc32)cc1. The van der Waals surface area contributed by atoms with Gasteiger partial charge < -0.3 is 14.2 Å². The normalized spacial score (nSPS) is 13.9. The van der Waals surface area contributed by atoms with Crippen molar-refractivity contribution >= 4 is 16.8 Å². The van der Waals surface area contributed by atoms with Crippen LogP contribution in [0.15, 0.2) is 48.8 Å². The van der Waals surface area contributed by atoms with Gasteiger partial charge in [0, 0.05) is 35.1 Å². The van der Waals surface area contributed by atoms with Crippen LogP contribution in [0.3, 0.4) is 0 Å². The molecule has 0 N–H and O–H groups in total. The van der Waals surface area contributed by atoms with E-state index in [0.717, 1.165) is 41.1 Å². The molecule has 35 heavy (non-hydrogen) atoms. The number of benzene rings is 3. The molecule has 2 aliphatic heterocycles. The highest BCUT2D eigenvalue weighted by Crippen LogP contribution is 2.40. The molecular formula is C29H29N2O4+. The van der Waals surface area contributed by atoms with Gasteiger partial charge in [0.1, 0.15) is 23.8 Å². The predicted molar refractivity (Wildman–Crippen MR) is 133 cm³/mol. The molecular weight excluding hydrogens is 440 g/mol. The second kappa shape index (κ2) is 8.45. The van der Waals surface area contributed by atoms with Crippen molar-refractivity contribution in [3.05, 3.63) is 82.2 Å². The number of methoxy groups -OCH3 is 1. The zero-order valence-corrected chi connectivity index (χ0v) is 20.4. The van der Waals surface area contributed by atoms with E-state index in [0.29, 0.717) is 25.3 Å². The number of Topliss-reactive ketones (excluding diaryl/α,β-unsaturated/α-hetero) is 1. The Morgan fingerprint density at radius 3 is 2.60 bits per heavy atom. The van der Waals surface area contributed by atoms with Crippen molar-refractivity contribution in [1.29, 1.82) is 0 Å². The van der Waals surface area contributed by atoms with Gasteiger partial charge in [0.15, 0.2) is 17.6 Å². The number of imidazole rings is 1. The fourth-order valence-electron chi connectivity index (χ4n) is 5.24. The Kier molecular flexibility index (Phi) is 5.24. The summed E-state index contributed by atoms with van der Waals surface area (Å²) in [5.41, 5.74) is 8.95. The zero-order valence-electron chi connectivity index (χ0n) is 20.4. The van der Waals surface area contributed by atoms with Crippen LogP contribution in [-0.2, 0) is 25.9 Å². The van der Waals surface area contributed by atoms with Crippen LogP contribution in [0, 0.1) is 13.8 Å². The van der Waals surface area contributed by atoms with Gasteiger partial charge in [0.2, 0.25) is 12.1 Å². The smallest absolute Gasteiger partial charge is 0.245 e. The van der Waals surface area contributed by atoms with Gasteiger partial charge in [-0.25, -0.2) is 9.13 Å². The van der Waals surface area contributed by atoms with Crippen LogP contribution in [-0.4, -0.2) is 30.7 Å². The first-order valence-electron chi connectivity index (χ1n) is 12.1. The molecule has 3 heterocycles. The lowest BCUT2D eigenvalue weighted by Crippen LogP contribution is -2.34. The van der Waals surface area contributed by atoms with Crippen molar-refractivity contribution in [3.8, 4) is 17.2 Å². The van der Waals surface area contributed by atoms with E-state index in [-0.39, 0.29) is 12.3 Å². The largest absolute Gasteiger partial charge is 0.497 e. The molecule has 0 bridgehead atoms. The summed E-state index contributed by atoms with van der Waals surface area (Å²) < 4.78 is 21.6. The minimum atomic E-state index is 0.0631. The molecule has 2 aliphatic rings. The molecule has 0 fully saturated rings. The Balaban J connectivity index is 1.41. The second-order valence-corrected chi connectivity index (χ2v) is 9.47. The summed E-state index contributed by atoms with van der Waals surface area (Å²) in [6, 6.07) is 13.9. The summed E-state index contributed by atoms with van der Waals surface area (Å²) in [5, 5.41) is 0. The molecule has 0 radical (unpaired) electrons. The van der Waals surface area contributed by atoms with Crippen LogP contribution in [0.5, 0.6) is 17.2 Å². The lowest BCUT2D eigenvalue weighted by atomic mass is 9.99. The molecule has 0 aliphatic carbocycles. The van der Waals surface area contributed by atoms with E-state index < -0.39 is 0 Å². The Bertz CT molecular complexity index is 1430. The summed E-state index contributed by atoms with van der Waals surface area (Å²) in [5.74, 6) is 2.82. The van der Waals surface area contributed by atoms with E-state index in [1.807, 2.05) is 24.3 Å². The Morgan fingerprint density at radius 2 is 1.80 bits per heavy atom. The minimum absolute atomic E-state index is 0.0631. The number of hydrogen-bond donors (Lipinski definition) is 0. The van der Waals surface area contributed by atoms with Crippen LogP contribution in [0.1, 0.15) is 38.2 Å². The molecule has 0 unspecified atom stereocenters. The first-order chi connectivity index (χ1) is 17.0. The van der Waals surface area contributed by atoms with Crippen molar-refractivity contribution < 1.29 is 23.6 Å². The number of hydrogen-bond acceptors (Lipinski definition) is 4. The number of ether oxygens (including phenoxy) is 3.